The van der Waals surface area contributed by atoms with Crippen molar-refractivity contribution in [2.75, 3.05) is 0 Å². The van der Waals surface area contributed by atoms with E-state index < -0.39 is 25.2 Å². The minimum absolute atomic E-state index is 0. The first-order valence-electron chi connectivity index (χ1n) is 4.42. The third kappa shape index (κ3) is 31.6. The van der Waals surface area contributed by atoms with Crippen LogP contribution in [-0.4, -0.2) is 51.1 Å². The average molecular weight is 272 g/mol. The number of hydrogen-bond acceptors (Lipinski definition) is 7. The van der Waals surface area contributed by atoms with Crippen LogP contribution in [0.15, 0.2) is 0 Å². The first-order valence-corrected chi connectivity index (χ1v) is 4.42. The number of Topliss-reactive ketones (excluding diaryl/α,β-unsaturated/α-hetero) is 2. The van der Waals surface area contributed by atoms with Gasteiger partial charge in [0.25, 0.3) is 0 Å². The Labute approximate surface area is 121 Å². The van der Waals surface area contributed by atoms with Gasteiger partial charge in [-0.3, -0.25) is 9.59 Å². The summed E-state index contributed by atoms with van der Waals surface area (Å²) in [6.45, 7) is 4.46. The molecule has 0 aliphatic carbocycles. The molecule has 0 aromatic heterocycles. The van der Waals surface area contributed by atoms with Gasteiger partial charge in [-0.2, -0.15) is 0 Å². The number of rotatable bonds is 2. The van der Waals surface area contributed by atoms with E-state index in [1.165, 1.54) is 13.8 Å². The average Bonchev–Trinajstić information content (AvgIpc) is 2.15. The molecule has 11 heteroatoms. The van der Waals surface area contributed by atoms with Crippen LogP contribution in [-0.2, 0) is 19.2 Å². The number of carboxylic acids is 2. The van der Waals surface area contributed by atoms with Gasteiger partial charge in [0.2, 0.25) is 0 Å². The zero-order valence-electron chi connectivity index (χ0n) is 11.0. The summed E-state index contributed by atoms with van der Waals surface area (Å²) in [6.07, 6.45) is 0. The fourth-order valence-electron chi connectivity index (χ4n) is 0.286. The van der Waals surface area contributed by atoms with Crippen molar-refractivity contribution in [2.24, 2.45) is 5.92 Å². The number of carboxylic acid groups (broad SMARTS) is 2. The molecule has 0 unspecified atom stereocenters. The van der Waals surface area contributed by atoms with Crippen LogP contribution in [0.1, 0.15) is 20.8 Å². The molecule has 0 bridgehead atoms. The number of carbonyl (C=O) groups is 4. The second-order valence-electron chi connectivity index (χ2n) is 2.88. The molecule has 0 heterocycles. The molecule has 0 saturated carbocycles. The predicted molar refractivity (Wildman–Crippen MR) is 56.0 cm³/mol. The van der Waals surface area contributed by atoms with Crippen molar-refractivity contribution in [1.29, 1.82) is 0 Å². The molecule has 0 atom stereocenters. The maximum absolute atomic E-state index is 10.4. The third-order valence-electron chi connectivity index (χ3n) is 1.40. The number of hydrogen-bond donors (Lipinski definition) is 4. The van der Waals surface area contributed by atoms with Gasteiger partial charge in [0.15, 0.2) is 0 Å². The summed E-state index contributed by atoms with van der Waals surface area (Å²) in [5.41, 5.74) is 0. The van der Waals surface area contributed by atoms with Gasteiger partial charge in [0.05, 0.1) is 5.92 Å². The Morgan fingerprint density at radius 2 is 1.11 bits per heavy atom. The first-order chi connectivity index (χ1) is 7.93. The van der Waals surface area contributed by atoms with Crippen LogP contribution in [0, 0.1) is 5.92 Å². The molecule has 0 aliphatic heterocycles. The fraction of sp³-hybridized carbons (Fsp3) is 0.500. The smallest absolute Gasteiger partial charge is 0.832 e. The number of carbonyl (C=O) groups excluding carboxylic acids is 2. The maximum Gasteiger partial charge on any atom is 1.00 e. The molecule has 0 saturated heterocycles. The second-order valence-corrected chi connectivity index (χ2v) is 2.88. The van der Waals surface area contributed by atoms with Crippen molar-refractivity contribution < 1.29 is 63.3 Å². The van der Waals surface area contributed by atoms with Crippen LogP contribution < -0.4 is 23.9 Å². The molecule has 4 N–H and O–H groups in total. The van der Waals surface area contributed by atoms with Crippen LogP contribution in [0.4, 0.5) is 0 Å². The molecule has 0 spiro atoms. The van der Waals surface area contributed by atoms with E-state index in [0.29, 0.717) is 0 Å². The molecule has 9 nitrogen and oxygen atoms in total. The summed E-state index contributed by atoms with van der Waals surface area (Å²) >= 11 is 0. The van der Waals surface area contributed by atoms with Crippen LogP contribution >= 0.6 is 0 Å². The van der Waals surface area contributed by atoms with Crippen LogP contribution in [0.5, 0.6) is 0 Å². The molecular formula is C8H14BLiO9. The van der Waals surface area contributed by atoms with Crippen LogP contribution in [0.3, 0.4) is 0 Å². The van der Waals surface area contributed by atoms with E-state index in [-0.39, 0.29) is 30.4 Å². The van der Waals surface area contributed by atoms with Gasteiger partial charge < -0.3 is 25.3 Å². The van der Waals surface area contributed by atoms with E-state index in [9.17, 15) is 9.59 Å². The van der Waals surface area contributed by atoms with Crippen molar-refractivity contribution in [3.63, 3.8) is 0 Å². The maximum atomic E-state index is 10.4. The zero-order valence-corrected chi connectivity index (χ0v) is 11.0. The Morgan fingerprint density at radius 1 is 0.947 bits per heavy atom. The molecule has 0 amide bonds. The summed E-state index contributed by atoms with van der Waals surface area (Å²) in [4.78, 5) is 38.9. The quantitative estimate of drug-likeness (QED) is 0.217. The van der Waals surface area contributed by atoms with Crippen molar-refractivity contribution in [2.45, 2.75) is 20.8 Å². The van der Waals surface area contributed by atoms with E-state index in [4.69, 9.17) is 34.9 Å². The summed E-state index contributed by atoms with van der Waals surface area (Å²) in [5, 5.41) is 37.5. The van der Waals surface area contributed by atoms with E-state index >= 15 is 0 Å². The monoisotopic (exact) mass is 272 g/mol. The standard InChI is InChI=1S/C6H10O2.C2H2O4.BH2O3.Li/c1-4(5(2)7)6(3)8;3-1(4)2(5)6;2-1(3)4;/h4H,1-3H3;(H,3,4)(H,5,6);2-3H;/q;;-1;+1. The molecule has 0 aromatic carbocycles. The number of ketones is 2. The molecule has 0 radical (unpaired) electrons. The first kappa shape index (κ1) is 26.4. The molecule has 0 aromatic rings. The van der Waals surface area contributed by atoms with Gasteiger partial charge in [-0.25, -0.2) is 9.59 Å². The largest absolute Gasteiger partial charge is 1.00 e. The minimum Gasteiger partial charge on any atom is -0.832 e. The summed E-state index contributed by atoms with van der Waals surface area (Å²) < 4.78 is 0. The van der Waals surface area contributed by atoms with Gasteiger partial charge in [-0.15, -0.1) is 0 Å². The van der Waals surface area contributed by atoms with Gasteiger partial charge in [0, 0.05) is 0 Å². The van der Waals surface area contributed by atoms with E-state index in [2.05, 4.69) is 0 Å². The van der Waals surface area contributed by atoms with Crippen molar-refractivity contribution in [3.05, 3.63) is 0 Å². The fourth-order valence-corrected chi connectivity index (χ4v) is 0.286. The molecule has 0 rings (SSSR count). The Hall–Kier alpha value is -1.18. The summed E-state index contributed by atoms with van der Waals surface area (Å²) in [7, 11) is -2.42. The molecule has 0 aliphatic rings. The normalized spacial score (nSPS) is 7.74. The van der Waals surface area contributed by atoms with Gasteiger partial charge >= 0.3 is 38.1 Å². The SMILES string of the molecule is CC(=O)C(C)C(C)=O.O=C(O)C(=O)O.[Li+].[O-]B(O)O. The van der Waals surface area contributed by atoms with E-state index in [1.54, 1.807) is 6.92 Å². The predicted octanol–water partition coefficient (Wildman–Crippen LogP) is -5.72. The van der Waals surface area contributed by atoms with E-state index in [1.807, 2.05) is 0 Å². The van der Waals surface area contributed by atoms with Gasteiger partial charge in [0.1, 0.15) is 11.6 Å². The third-order valence-corrected chi connectivity index (χ3v) is 1.40. The Bertz CT molecular complexity index is 276. The molecule has 0 fully saturated rings. The summed E-state index contributed by atoms with van der Waals surface area (Å²) in [5.74, 6) is -4.17. The van der Waals surface area contributed by atoms with Gasteiger partial charge in [-0.1, -0.05) is 0 Å². The number of aliphatic carboxylic acids is 2. The molecule has 19 heavy (non-hydrogen) atoms. The summed E-state index contributed by atoms with van der Waals surface area (Å²) in [6, 6.07) is 0. The van der Waals surface area contributed by atoms with Crippen LogP contribution in [0.25, 0.3) is 0 Å². The second kappa shape index (κ2) is 14.9. The van der Waals surface area contributed by atoms with Crippen LogP contribution in [0.2, 0.25) is 0 Å². The Morgan fingerprint density at radius 3 is 1.11 bits per heavy atom. The van der Waals surface area contributed by atoms with E-state index in [0.717, 1.165) is 0 Å². The Balaban J connectivity index is -0.0000000916. The van der Waals surface area contributed by atoms with Gasteiger partial charge in [-0.05, 0) is 20.8 Å². The molecule has 104 valence electrons. The molecular weight excluding hydrogens is 258 g/mol. The van der Waals surface area contributed by atoms with Crippen molar-refractivity contribution in [3.8, 4) is 0 Å². The van der Waals surface area contributed by atoms with Crippen molar-refractivity contribution >= 4 is 30.8 Å². The Kier molecular flexibility index (Phi) is 20.7. The zero-order chi connectivity index (χ0) is 15.5. The van der Waals surface area contributed by atoms with Crippen molar-refractivity contribution in [1.82, 2.24) is 0 Å². The topological polar surface area (TPSA) is 172 Å². The minimum atomic E-state index is -2.42.